The van der Waals surface area contributed by atoms with E-state index in [0.717, 1.165) is 0 Å². The van der Waals surface area contributed by atoms with Crippen LogP contribution in [0, 0.1) is 0 Å². The molecule has 88 valence electrons. The Morgan fingerprint density at radius 2 is 2.19 bits per heavy atom. The van der Waals surface area contributed by atoms with Gasteiger partial charge >= 0.3 is 6.03 Å². The molecule has 0 fully saturated rings. The predicted octanol–water partition coefficient (Wildman–Crippen LogP) is 0.501. The standard InChI is InChI=1S/C10H14N2O3S/c11-10(15)12-7-3-1-2-6(4-7)9(14)8(13)5-16/h1-4,8-9,13-14,16H,5H2,(H3,11,12,15). The number of hydrogen-bond donors (Lipinski definition) is 5. The first kappa shape index (κ1) is 12.8. The van der Waals surface area contributed by atoms with E-state index >= 15 is 0 Å². The van der Waals surface area contributed by atoms with Gasteiger partial charge in [-0.25, -0.2) is 4.79 Å². The van der Waals surface area contributed by atoms with Gasteiger partial charge < -0.3 is 21.3 Å². The molecule has 0 aromatic heterocycles. The third-order valence-electron chi connectivity index (χ3n) is 2.05. The summed E-state index contributed by atoms with van der Waals surface area (Å²) in [7, 11) is 0. The van der Waals surface area contributed by atoms with Crippen LogP contribution in [0.3, 0.4) is 0 Å². The summed E-state index contributed by atoms with van der Waals surface area (Å²) in [4.78, 5) is 10.6. The van der Waals surface area contributed by atoms with Gasteiger partial charge in [-0.05, 0) is 17.7 Å². The number of benzene rings is 1. The molecule has 0 bridgehead atoms. The molecule has 1 rings (SSSR count). The molecule has 2 amide bonds. The number of carbonyl (C=O) groups excluding carboxylic acids is 1. The molecule has 0 heterocycles. The van der Waals surface area contributed by atoms with Gasteiger partial charge in [0, 0.05) is 11.4 Å². The van der Waals surface area contributed by atoms with Gasteiger partial charge in [-0.2, -0.15) is 12.6 Å². The van der Waals surface area contributed by atoms with E-state index in [1.165, 1.54) is 0 Å². The van der Waals surface area contributed by atoms with Gasteiger partial charge in [0.2, 0.25) is 0 Å². The van der Waals surface area contributed by atoms with Crippen molar-refractivity contribution < 1.29 is 15.0 Å². The van der Waals surface area contributed by atoms with Gasteiger partial charge in [0.25, 0.3) is 0 Å². The highest BCUT2D eigenvalue weighted by molar-refractivity contribution is 7.80. The first-order valence-electron chi connectivity index (χ1n) is 4.68. The van der Waals surface area contributed by atoms with Crippen LogP contribution in [0.4, 0.5) is 10.5 Å². The Labute approximate surface area is 98.7 Å². The van der Waals surface area contributed by atoms with Gasteiger partial charge in [-0.3, -0.25) is 0 Å². The maximum absolute atomic E-state index is 10.6. The highest BCUT2D eigenvalue weighted by Crippen LogP contribution is 2.20. The van der Waals surface area contributed by atoms with Crippen molar-refractivity contribution in [3.63, 3.8) is 0 Å². The molecule has 0 aliphatic rings. The highest BCUT2D eigenvalue weighted by atomic mass is 32.1. The number of hydrogen-bond acceptors (Lipinski definition) is 4. The SMILES string of the molecule is NC(=O)Nc1cccc(C(O)C(O)CS)c1. The van der Waals surface area contributed by atoms with E-state index in [4.69, 9.17) is 5.73 Å². The summed E-state index contributed by atoms with van der Waals surface area (Å²) in [6, 6.07) is 5.79. The number of aliphatic hydroxyl groups is 2. The maximum atomic E-state index is 10.6. The molecule has 0 spiro atoms. The Balaban J connectivity index is 2.85. The molecule has 1 aromatic rings. The van der Waals surface area contributed by atoms with Crippen LogP contribution < -0.4 is 11.1 Å². The number of urea groups is 1. The minimum absolute atomic E-state index is 0.147. The largest absolute Gasteiger partial charge is 0.389 e. The summed E-state index contributed by atoms with van der Waals surface area (Å²) in [6.45, 7) is 0. The highest BCUT2D eigenvalue weighted by Gasteiger charge is 2.16. The molecule has 2 unspecified atom stereocenters. The zero-order valence-electron chi connectivity index (χ0n) is 8.50. The van der Waals surface area contributed by atoms with Crippen molar-refractivity contribution in [2.45, 2.75) is 12.2 Å². The number of rotatable bonds is 4. The van der Waals surface area contributed by atoms with Crippen molar-refractivity contribution in [2.24, 2.45) is 5.73 Å². The second-order valence-electron chi connectivity index (χ2n) is 3.31. The fraction of sp³-hybridized carbons (Fsp3) is 0.300. The van der Waals surface area contributed by atoms with Gasteiger partial charge in [0.05, 0.1) is 6.10 Å². The Bertz CT molecular complexity index is 373. The summed E-state index contributed by atoms with van der Waals surface area (Å²) in [5.74, 6) is 0.147. The van der Waals surface area contributed by atoms with E-state index < -0.39 is 18.2 Å². The van der Waals surface area contributed by atoms with E-state index in [1.807, 2.05) is 0 Å². The van der Waals surface area contributed by atoms with Crippen molar-refractivity contribution in [1.29, 1.82) is 0 Å². The van der Waals surface area contributed by atoms with Crippen LogP contribution in [0.15, 0.2) is 24.3 Å². The summed E-state index contributed by atoms with van der Waals surface area (Å²) in [5, 5.41) is 21.5. The van der Waals surface area contributed by atoms with E-state index in [2.05, 4.69) is 17.9 Å². The number of carbonyl (C=O) groups is 1. The summed E-state index contributed by atoms with van der Waals surface area (Å²) in [6.07, 6.45) is -1.99. The second-order valence-corrected chi connectivity index (χ2v) is 3.67. The second kappa shape index (κ2) is 5.74. The number of primary amides is 1. The zero-order chi connectivity index (χ0) is 12.1. The minimum Gasteiger partial charge on any atom is -0.389 e. The van der Waals surface area contributed by atoms with Crippen LogP contribution in [0.2, 0.25) is 0 Å². The number of nitrogens with two attached hydrogens (primary N) is 1. The monoisotopic (exact) mass is 242 g/mol. The number of amides is 2. The average molecular weight is 242 g/mol. The summed E-state index contributed by atoms with van der Waals surface area (Å²) in [5.41, 5.74) is 5.92. The van der Waals surface area contributed by atoms with Crippen LogP contribution in [0.1, 0.15) is 11.7 Å². The molecule has 0 aliphatic heterocycles. The lowest BCUT2D eigenvalue weighted by molar-refractivity contribution is 0.0338. The average Bonchev–Trinajstić information content (AvgIpc) is 2.26. The Kier molecular flexibility index (Phi) is 4.60. The van der Waals surface area contributed by atoms with Crippen molar-refractivity contribution >= 4 is 24.3 Å². The molecule has 0 saturated carbocycles. The van der Waals surface area contributed by atoms with E-state index in [1.54, 1.807) is 24.3 Å². The first-order chi connectivity index (χ1) is 7.54. The van der Waals surface area contributed by atoms with Crippen molar-refractivity contribution in [3.8, 4) is 0 Å². The fourth-order valence-corrected chi connectivity index (χ4v) is 1.46. The van der Waals surface area contributed by atoms with E-state index in [0.29, 0.717) is 11.3 Å². The molecule has 5 N–H and O–H groups in total. The molecule has 16 heavy (non-hydrogen) atoms. The van der Waals surface area contributed by atoms with E-state index in [-0.39, 0.29) is 5.75 Å². The van der Waals surface area contributed by atoms with Crippen molar-refractivity contribution in [1.82, 2.24) is 0 Å². The quantitative estimate of drug-likeness (QED) is 0.497. The number of anilines is 1. The number of thiol groups is 1. The van der Waals surface area contributed by atoms with Crippen LogP contribution in [0.5, 0.6) is 0 Å². The van der Waals surface area contributed by atoms with Crippen LogP contribution in [-0.2, 0) is 0 Å². The predicted molar refractivity (Wildman–Crippen MR) is 64.5 cm³/mol. The number of aliphatic hydroxyl groups excluding tert-OH is 2. The van der Waals surface area contributed by atoms with Gasteiger partial charge in [-0.15, -0.1) is 0 Å². The zero-order valence-corrected chi connectivity index (χ0v) is 9.39. The van der Waals surface area contributed by atoms with Gasteiger partial charge in [0.1, 0.15) is 6.10 Å². The Morgan fingerprint density at radius 3 is 2.75 bits per heavy atom. The molecular formula is C10H14N2O3S. The van der Waals surface area contributed by atoms with Crippen LogP contribution in [0.25, 0.3) is 0 Å². The third-order valence-corrected chi connectivity index (χ3v) is 2.42. The van der Waals surface area contributed by atoms with Gasteiger partial charge in [-0.1, -0.05) is 12.1 Å². The Hall–Kier alpha value is -1.24. The van der Waals surface area contributed by atoms with Crippen molar-refractivity contribution in [3.05, 3.63) is 29.8 Å². The van der Waals surface area contributed by atoms with Crippen LogP contribution >= 0.6 is 12.6 Å². The lowest BCUT2D eigenvalue weighted by Gasteiger charge is -2.16. The fourth-order valence-electron chi connectivity index (χ4n) is 1.26. The molecular weight excluding hydrogens is 228 g/mol. The van der Waals surface area contributed by atoms with Crippen LogP contribution in [-0.4, -0.2) is 28.1 Å². The Morgan fingerprint density at radius 1 is 1.50 bits per heavy atom. The topological polar surface area (TPSA) is 95.6 Å². The lowest BCUT2D eigenvalue weighted by atomic mass is 10.0. The maximum Gasteiger partial charge on any atom is 0.316 e. The molecule has 2 atom stereocenters. The molecule has 0 saturated heterocycles. The summed E-state index contributed by atoms with van der Waals surface area (Å²) >= 11 is 3.89. The molecule has 0 radical (unpaired) electrons. The first-order valence-corrected chi connectivity index (χ1v) is 5.31. The van der Waals surface area contributed by atoms with E-state index in [9.17, 15) is 15.0 Å². The van der Waals surface area contributed by atoms with Gasteiger partial charge in [0.15, 0.2) is 0 Å². The normalized spacial score (nSPS) is 14.2. The molecule has 6 heteroatoms. The molecule has 0 aliphatic carbocycles. The lowest BCUT2D eigenvalue weighted by Crippen LogP contribution is -2.21. The smallest absolute Gasteiger partial charge is 0.316 e. The van der Waals surface area contributed by atoms with Crippen molar-refractivity contribution in [2.75, 3.05) is 11.1 Å². The minimum atomic E-state index is -1.04. The molecule has 5 nitrogen and oxygen atoms in total. The number of nitrogens with one attached hydrogen (secondary N) is 1. The molecule has 1 aromatic carbocycles. The third kappa shape index (κ3) is 3.41. The summed E-state index contributed by atoms with van der Waals surface area (Å²) < 4.78 is 0.